The zero-order valence-corrected chi connectivity index (χ0v) is 12.6. The van der Waals surface area contributed by atoms with Crippen molar-refractivity contribution in [1.29, 1.82) is 0 Å². The Kier molecular flexibility index (Phi) is 3.39. The number of sulfonamides is 1. The molecule has 3 rings (SSSR count). The SMILES string of the molecule is Cc1ccc(S(=O)(=O)N2CCCC[C@H]2C2(O)CC2)cc1. The monoisotopic (exact) mass is 295 g/mol. The summed E-state index contributed by atoms with van der Waals surface area (Å²) in [5, 5.41) is 10.4. The molecule has 1 heterocycles. The lowest BCUT2D eigenvalue weighted by Gasteiger charge is -2.37. The summed E-state index contributed by atoms with van der Waals surface area (Å²) in [7, 11) is -3.50. The minimum Gasteiger partial charge on any atom is -0.388 e. The van der Waals surface area contributed by atoms with Crippen molar-refractivity contribution >= 4 is 10.0 Å². The van der Waals surface area contributed by atoms with Crippen molar-refractivity contribution in [2.75, 3.05) is 6.54 Å². The molecular formula is C15H21NO3S. The van der Waals surface area contributed by atoms with Crippen LogP contribution in [0.2, 0.25) is 0 Å². The fourth-order valence-electron chi connectivity index (χ4n) is 3.04. The van der Waals surface area contributed by atoms with Gasteiger partial charge in [-0.1, -0.05) is 24.1 Å². The maximum atomic E-state index is 12.8. The van der Waals surface area contributed by atoms with E-state index in [1.54, 1.807) is 12.1 Å². The molecule has 110 valence electrons. The van der Waals surface area contributed by atoms with E-state index in [1.807, 2.05) is 19.1 Å². The van der Waals surface area contributed by atoms with Crippen LogP contribution in [-0.4, -0.2) is 36.0 Å². The molecule has 1 N–H and O–H groups in total. The largest absolute Gasteiger partial charge is 0.388 e. The van der Waals surface area contributed by atoms with E-state index >= 15 is 0 Å². The van der Waals surface area contributed by atoms with E-state index in [4.69, 9.17) is 0 Å². The molecule has 4 nitrogen and oxygen atoms in total. The number of nitrogens with zero attached hydrogens (tertiary/aromatic N) is 1. The van der Waals surface area contributed by atoms with Crippen LogP contribution in [0.25, 0.3) is 0 Å². The van der Waals surface area contributed by atoms with E-state index in [-0.39, 0.29) is 6.04 Å². The second-order valence-electron chi connectivity index (χ2n) is 6.04. The van der Waals surface area contributed by atoms with Crippen LogP contribution in [-0.2, 0) is 10.0 Å². The predicted molar refractivity (Wildman–Crippen MR) is 76.9 cm³/mol. The summed E-state index contributed by atoms with van der Waals surface area (Å²) in [6.45, 7) is 2.45. The van der Waals surface area contributed by atoms with E-state index in [0.717, 1.165) is 37.7 Å². The van der Waals surface area contributed by atoms with E-state index < -0.39 is 15.6 Å². The smallest absolute Gasteiger partial charge is 0.243 e. The number of hydrogen-bond acceptors (Lipinski definition) is 3. The Morgan fingerprint density at radius 3 is 2.45 bits per heavy atom. The second kappa shape index (κ2) is 4.83. The van der Waals surface area contributed by atoms with E-state index in [2.05, 4.69) is 0 Å². The lowest BCUT2D eigenvalue weighted by molar-refractivity contribution is 0.0482. The molecule has 5 heteroatoms. The van der Waals surface area contributed by atoms with Gasteiger partial charge in [0.25, 0.3) is 0 Å². The molecule has 2 fully saturated rings. The van der Waals surface area contributed by atoms with E-state index in [9.17, 15) is 13.5 Å². The third-order valence-corrected chi connectivity index (χ3v) is 6.39. The Morgan fingerprint density at radius 1 is 1.20 bits per heavy atom. The summed E-state index contributed by atoms with van der Waals surface area (Å²) in [6, 6.07) is 6.71. The minimum atomic E-state index is -3.50. The first-order valence-electron chi connectivity index (χ1n) is 7.24. The van der Waals surface area contributed by atoms with Crippen molar-refractivity contribution in [1.82, 2.24) is 4.31 Å². The Labute approximate surface area is 120 Å². The predicted octanol–water partition coefficient (Wildman–Crippen LogP) is 2.06. The molecule has 0 amide bonds. The van der Waals surface area contributed by atoms with Gasteiger partial charge >= 0.3 is 0 Å². The summed E-state index contributed by atoms with van der Waals surface area (Å²) in [6.07, 6.45) is 4.07. The Hall–Kier alpha value is -0.910. The van der Waals surface area contributed by atoms with E-state index in [0.29, 0.717) is 11.4 Å². The van der Waals surface area contributed by atoms with Crippen LogP contribution < -0.4 is 0 Å². The minimum absolute atomic E-state index is 0.248. The molecule has 0 spiro atoms. The fraction of sp³-hybridized carbons (Fsp3) is 0.600. The molecule has 0 aromatic heterocycles. The number of aliphatic hydroxyl groups is 1. The Balaban J connectivity index is 1.94. The van der Waals surface area contributed by atoms with Crippen LogP contribution in [0.4, 0.5) is 0 Å². The van der Waals surface area contributed by atoms with Gasteiger partial charge in [-0.2, -0.15) is 4.31 Å². The van der Waals surface area contributed by atoms with Gasteiger partial charge in [0.15, 0.2) is 0 Å². The standard InChI is InChI=1S/C15H21NO3S/c1-12-5-7-13(8-6-12)20(18,19)16-11-3-2-4-14(16)15(17)9-10-15/h5-8,14,17H,2-4,9-11H2,1H3/t14-/m0/s1. The van der Waals surface area contributed by atoms with Gasteiger partial charge in [0.1, 0.15) is 0 Å². The first-order chi connectivity index (χ1) is 9.43. The molecule has 2 aliphatic rings. The highest BCUT2D eigenvalue weighted by molar-refractivity contribution is 7.89. The van der Waals surface area contributed by atoms with Crippen LogP contribution >= 0.6 is 0 Å². The maximum Gasteiger partial charge on any atom is 0.243 e. The zero-order chi connectivity index (χ0) is 14.4. The molecule has 20 heavy (non-hydrogen) atoms. The molecule has 0 radical (unpaired) electrons. The number of benzene rings is 1. The van der Waals surface area contributed by atoms with Crippen molar-refractivity contribution < 1.29 is 13.5 Å². The topological polar surface area (TPSA) is 57.6 Å². The van der Waals surface area contributed by atoms with Gasteiger partial charge in [-0.25, -0.2) is 8.42 Å². The molecule has 1 saturated carbocycles. The summed E-state index contributed by atoms with van der Waals surface area (Å²) < 4.78 is 27.1. The number of hydrogen-bond donors (Lipinski definition) is 1. The van der Waals surface area contributed by atoms with Crippen LogP contribution in [0.3, 0.4) is 0 Å². The first kappa shape index (κ1) is 14.0. The van der Waals surface area contributed by atoms with Crippen LogP contribution in [0.15, 0.2) is 29.2 Å². The first-order valence-corrected chi connectivity index (χ1v) is 8.68. The highest BCUT2D eigenvalue weighted by Gasteiger charge is 2.53. The number of aryl methyl sites for hydroxylation is 1. The van der Waals surface area contributed by atoms with Gasteiger partial charge in [-0.05, 0) is 44.7 Å². The van der Waals surface area contributed by atoms with Crippen LogP contribution in [0.5, 0.6) is 0 Å². The van der Waals surface area contributed by atoms with Crippen molar-refractivity contribution in [2.45, 2.75) is 55.6 Å². The van der Waals surface area contributed by atoms with Gasteiger partial charge in [-0.3, -0.25) is 0 Å². The van der Waals surface area contributed by atoms with Gasteiger partial charge in [0, 0.05) is 6.54 Å². The molecular weight excluding hydrogens is 274 g/mol. The average molecular weight is 295 g/mol. The number of rotatable bonds is 3. The summed E-state index contributed by atoms with van der Waals surface area (Å²) in [5.41, 5.74) is 0.262. The number of piperidine rings is 1. The molecule has 0 bridgehead atoms. The van der Waals surface area contributed by atoms with E-state index in [1.165, 1.54) is 4.31 Å². The summed E-state index contributed by atoms with van der Waals surface area (Å²) in [4.78, 5) is 0.333. The lowest BCUT2D eigenvalue weighted by Crippen LogP contribution is -2.50. The third-order valence-electron chi connectivity index (χ3n) is 4.46. The van der Waals surface area contributed by atoms with Gasteiger partial charge in [-0.15, -0.1) is 0 Å². The molecule has 1 aliphatic heterocycles. The Bertz CT molecular complexity index is 590. The van der Waals surface area contributed by atoms with Crippen molar-refractivity contribution in [3.8, 4) is 0 Å². The highest BCUT2D eigenvalue weighted by atomic mass is 32.2. The van der Waals surface area contributed by atoms with Crippen LogP contribution in [0.1, 0.15) is 37.7 Å². The van der Waals surface area contributed by atoms with Crippen molar-refractivity contribution in [3.63, 3.8) is 0 Å². The lowest BCUT2D eigenvalue weighted by atomic mass is 9.98. The molecule has 1 aliphatic carbocycles. The molecule has 1 aromatic carbocycles. The molecule has 1 aromatic rings. The normalized spacial score (nSPS) is 26.4. The zero-order valence-electron chi connectivity index (χ0n) is 11.7. The van der Waals surface area contributed by atoms with Gasteiger partial charge < -0.3 is 5.11 Å². The quantitative estimate of drug-likeness (QED) is 0.928. The summed E-state index contributed by atoms with van der Waals surface area (Å²) >= 11 is 0. The van der Waals surface area contributed by atoms with Crippen molar-refractivity contribution in [2.24, 2.45) is 0 Å². The van der Waals surface area contributed by atoms with Gasteiger partial charge in [0.2, 0.25) is 10.0 Å². The van der Waals surface area contributed by atoms with Crippen molar-refractivity contribution in [3.05, 3.63) is 29.8 Å². The highest BCUT2D eigenvalue weighted by Crippen LogP contribution is 2.45. The third kappa shape index (κ3) is 2.38. The fourth-order valence-corrected chi connectivity index (χ4v) is 4.79. The van der Waals surface area contributed by atoms with Gasteiger partial charge in [0.05, 0.1) is 16.5 Å². The molecule has 0 unspecified atom stereocenters. The second-order valence-corrected chi connectivity index (χ2v) is 7.93. The summed E-state index contributed by atoms with van der Waals surface area (Å²) in [5.74, 6) is 0. The van der Waals surface area contributed by atoms with Crippen LogP contribution in [0, 0.1) is 6.92 Å². The average Bonchev–Trinajstić information content (AvgIpc) is 3.19. The molecule has 1 saturated heterocycles. The molecule has 1 atom stereocenters. The Morgan fingerprint density at radius 2 is 1.85 bits per heavy atom. The maximum absolute atomic E-state index is 12.8.